The van der Waals surface area contributed by atoms with Crippen LogP contribution < -0.4 is 14.8 Å². The molecule has 0 radical (unpaired) electrons. The fourth-order valence-electron chi connectivity index (χ4n) is 5.17. The molecule has 7 nitrogen and oxygen atoms in total. The second-order valence-electron chi connectivity index (χ2n) is 9.73. The van der Waals surface area contributed by atoms with Crippen molar-refractivity contribution < 1.29 is 23.5 Å². The van der Waals surface area contributed by atoms with E-state index in [0.29, 0.717) is 43.9 Å². The first kappa shape index (κ1) is 25.9. The smallest absolute Gasteiger partial charge is 0.260 e. The number of nitrogens with zero attached hydrogens (tertiary/aromatic N) is 2. The molecule has 2 amide bonds. The molecule has 1 aliphatic heterocycles. The minimum Gasteiger partial charge on any atom is -0.494 e. The molecule has 3 atom stereocenters. The van der Waals surface area contributed by atoms with Gasteiger partial charge < -0.3 is 24.6 Å². The molecule has 2 aliphatic rings. The summed E-state index contributed by atoms with van der Waals surface area (Å²) in [4.78, 5) is 27.4. The molecule has 0 aromatic heterocycles. The van der Waals surface area contributed by atoms with Crippen molar-refractivity contribution in [1.29, 1.82) is 0 Å². The molecule has 2 fully saturated rings. The Balaban J connectivity index is 1.23. The highest BCUT2D eigenvalue weighted by atomic mass is 19.1. The quantitative estimate of drug-likeness (QED) is 0.599. The zero-order valence-electron chi connectivity index (χ0n) is 21.3. The Hall–Kier alpha value is -3.13. The van der Waals surface area contributed by atoms with Gasteiger partial charge in [-0.05, 0) is 67.5 Å². The van der Waals surface area contributed by atoms with Gasteiger partial charge in [0.15, 0.2) is 18.2 Å². The monoisotopic (exact) mass is 497 g/mol. The van der Waals surface area contributed by atoms with E-state index < -0.39 is 0 Å². The number of carbonyl (C=O) groups is 2. The number of benzene rings is 2. The fourth-order valence-corrected chi connectivity index (χ4v) is 5.17. The number of rotatable bonds is 8. The van der Waals surface area contributed by atoms with E-state index in [-0.39, 0.29) is 36.0 Å². The van der Waals surface area contributed by atoms with Crippen molar-refractivity contribution in [2.75, 3.05) is 39.9 Å². The molecule has 1 heterocycles. The summed E-state index contributed by atoms with van der Waals surface area (Å²) in [5.41, 5.74) is 2.28. The summed E-state index contributed by atoms with van der Waals surface area (Å²) in [6, 6.07) is 13.6. The molecule has 0 spiro atoms. The van der Waals surface area contributed by atoms with Crippen molar-refractivity contribution in [2.45, 2.75) is 51.1 Å². The predicted octanol–water partition coefficient (Wildman–Crippen LogP) is 3.89. The maximum Gasteiger partial charge on any atom is 0.260 e. The lowest BCUT2D eigenvalue weighted by Crippen LogP contribution is -2.51. The van der Waals surface area contributed by atoms with Gasteiger partial charge in [-0.25, -0.2) is 4.39 Å². The molecule has 2 aromatic carbocycles. The minimum absolute atomic E-state index is 0.000893. The number of hydrogen-bond donors (Lipinski definition) is 1. The van der Waals surface area contributed by atoms with E-state index in [1.54, 1.807) is 28.9 Å². The van der Waals surface area contributed by atoms with Gasteiger partial charge in [-0.2, -0.15) is 0 Å². The predicted molar refractivity (Wildman–Crippen MR) is 136 cm³/mol. The lowest BCUT2D eigenvalue weighted by molar-refractivity contribution is -0.139. The molecule has 1 N–H and O–H groups in total. The summed E-state index contributed by atoms with van der Waals surface area (Å²) in [5.74, 6) is 1.06. The molecule has 1 saturated carbocycles. The Bertz CT molecular complexity index is 1050. The Morgan fingerprint density at radius 2 is 1.75 bits per heavy atom. The van der Waals surface area contributed by atoms with Crippen LogP contribution in [0.2, 0.25) is 0 Å². The van der Waals surface area contributed by atoms with Crippen LogP contribution >= 0.6 is 0 Å². The lowest BCUT2D eigenvalue weighted by atomic mass is 9.97. The van der Waals surface area contributed by atoms with Crippen LogP contribution in [-0.2, 0) is 9.59 Å². The molecule has 4 rings (SSSR count). The van der Waals surface area contributed by atoms with Gasteiger partial charge in [0.1, 0.15) is 5.75 Å². The molecule has 1 saturated heterocycles. The Labute approximate surface area is 212 Å². The maximum absolute atomic E-state index is 13.7. The number of methoxy groups -OCH3 is 1. The molecular formula is C28H36FN3O4. The van der Waals surface area contributed by atoms with Crippen LogP contribution in [0.15, 0.2) is 42.5 Å². The van der Waals surface area contributed by atoms with Crippen molar-refractivity contribution >= 4 is 11.8 Å². The highest BCUT2D eigenvalue weighted by Gasteiger charge is 2.27. The van der Waals surface area contributed by atoms with Crippen LogP contribution in [0.4, 0.5) is 4.39 Å². The Morgan fingerprint density at radius 3 is 2.42 bits per heavy atom. The first-order chi connectivity index (χ1) is 17.3. The first-order valence-corrected chi connectivity index (χ1v) is 12.7. The van der Waals surface area contributed by atoms with E-state index in [9.17, 15) is 14.0 Å². The summed E-state index contributed by atoms with van der Waals surface area (Å²) in [5, 5.41) is 3.68. The zero-order valence-corrected chi connectivity index (χ0v) is 21.3. The number of nitrogens with one attached hydrogen (secondary N) is 1. The van der Waals surface area contributed by atoms with E-state index in [2.05, 4.69) is 24.4 Å². The number of amides is 2. The molecule has 36 heavy (non-hydrogen) atoms. The molecule has 1 aliphatic carbocycles. The molecule has 194 valence electrons. The van der Waals surface area contributed by atoms with Crippen molar-refractivity contribution in [3.8, 4) is 11.5 Å². The third-order valence-electron chi connectivity index (χ3n) is 7.39. The normalized spacial score (nSPS) is 20.8. The van der Waals surface area contributed by atoms with Gasteiger partial charge in [-0.3, -0.25) is 9.59 Å². The highest BCUT2D eigenvalue weighted by molar-refractivity contribution is 5.78. The zero-order chi connectivity index (χ0) is 25.7. The Morgan fingerprint density at radius 1 is 1.06 bits per heavy atom. The third-order valence-corrected chi connectivity index (χ3v) is 7.39. The Kier molecular flexibility index (Phi) is 8.46. The number of ether oxygens (including phenoxy) is 2. The first-order valence-electron chi connectivity index (χ1n) is 12.7. The number of piperazine rings is 1. The van der Waals surface area contributed by atoms with Gasteiger partial charge in [-0.1, -0.05) is 18.2 Å². The fraction of sp³-hybridized carbons (Fsp3) is 0.500. The van der Waals surface area contributed by atoms with Crippen LogP contribution in [0.3, 0.4) is 0 Å². The molecule has 0 bridgehead atoms. The van der Waals surface area contributed by atoms with Crippen LogP contribution in [0.5, 0.6) is 11.5 Å². The molecule has 0 unspecified atom stereocenters. The summed E-state index contributed by atoms with van der Waals surface area (Å²) in [6.45, 7) is 5.89. The average molecular weight is 498 g/mol. The van der Waals surface area contributed by atoms with Gasteiger partial charge in [0, 0.05) is 45.2 Å². The number of hydrogen-bond acceptors (Lipinski definition) is 5. The van der Waals surface area contributed by atoms with Crippen molar-refractivity contribution in [3.63, 3.8) is 0 Å². The van der Waals surface area contributed by atoms with E-state index in [0.717, 1.165) is 24.8 Å². The van der Waals surface area contributed by atoms with Gasteiger partial charge in [0.2, 0.25) is 5.91 Å². The standard InChI is InChI=1S/C28H36FN3O4/c1-19(22-7-11-26(29)27(17-22)35-3)30-24-8-4-23(16-24)21-5-9-25(10-6-21)36-18-28(34)32-14-12-31(13-15-32)20(2)33/h5-7,9-11,17,19,23-24,30H,4,8,12-16,18H2,1-3H3/t19-,23-,24+/m1/s1. The van der Waals surface area contributed by atoms with Gasteiger partial charge >= 0.3 is 0 Å². The number of halogens is 1. The average Bonchev–Trinajstić information content (AvgIpc) is 3.36. The summed E-state index contributed by atoms with van der Waals surface area (Å²) >= 11 is 0. The van der Waals surface area contributed by atoms with E-state index >= 15 is 0 Å². The van der Waals surface area contributed by atoms with E-state index in [1.165, 1.54) is 18.7 Å². The summed E-state index contributed by atoms with van der Waals surface area (Å²) in [7, 11) is 1.48. The second kappa shape index (κ2) is 11.7. The third kappa shape index (κ3) is 6.35. The van der Waals surface area contributed by atoms with Crippen LogP contribution in [0.25, 0.3) is 0 Å². The lowest BCUT2D eigenvalue weighted by Gasteiger charge is -2.34. The van der Waals surface area contributed by atoms with Gasteiger partial charge in [-0.15, -0.1) is 0 Å². The maximum atomic E-state index is 13.7. The highest BCUT2D eigenvalue weighted by Crippen LogP contribution is 2.36. The SMILES string of the molecule is COc1cc([C@@H](C)N[C@H]2CC[C@@H](c3ccc(OCC(=O)N4CCN(C(C)=O)CC4)cc3)C2)ccc1F. The van der Waals surface area contributed by atoms with Crippen molar-refractivity contribution in [1.82, 2.24) is 15.1 Å². The molecule has 2 aromatic rings. The molecular weight excluding hydrogens is 461 g/mol. The van der Waals surface area contributed by atoms with Gasteiger partial charge in [0.25, 0.3) is 5.91 Å². The number of carbonyl (C=O) groups excluding carboxylic acids is 2. The van der Waals surface area contributed by atoms with Crippen LogP contribution in [0.1, 0.15) is 56.2 Å². The van der Waals surface area contributed by atoms with Gasteiger partial charge in [0.05, 0.1) is 7.11 Å². The largest absolute Gasteiger partial charge is 0.494 e. The van der Waals surface area contributed by atoms with E-state index in [4.69, 9.17) is 9.47 Å². The van der Waals surface area contributed by atoms with Crippen LogP contribution in [0, 0.1) is 5.82 Å². The van der Waals surface area contributed by atoms with E-state index in [1.807, 2.05) is 12.1 Å². The van der Waals surface area contributed by atoms with Crippen LogP contribution in [-0.4, -0.2) is 67.6 Å². The summed E-state index contributed by atoms with van der Waals surface area (Å²) < 4.78 is 24.6. The summed E-state index contributed by atoms with van der Waals surface area (Å²) in [6.07, 6.45) is 3.21. The van der Waals surface area contributed by atoms with Crippen molar-refractivity contribution in [2.24, 2.45) is 0 Å². The second-order valence-corrected chi connectivity index (χ2v) is 9.73. The van der Waals surface area contributed by atoms with Crippen molar-refractivity contribution in [3.05, 3.63) is 59.4 Å². The minimum atomic E-state index is -0.348. The molecule has 8 heteroatoms. The topological polar surface area (TPSA) is 71.1 Å².